The molecule has 7 nitrogen and oxygen atoms in total. The highest BCUT2D eigenvalue weighted by atomic mass is 32.2. The fraction of sp³-hybridized carbons (Fsp3) is 0.652. The molecule has 32 heavy (non-hydrogen) atoms. The molecule has 1 saturated carbocycles. The Kier molecular flexibility index (Phi) is 6.17. The molecule has 2 aromatic rings. The van der Waals surface area contributed by atoms with E-state index in [4.69, 9.17) is 0 Å². The summed E-state index contributed by atoms with van der Waals surface area (Å²) in [5.74, 6) is -0.813. The van der Waals surface area contributed by atoms with Gasteiger partial charge in [-0.2, -0.15) is 0 Å². The van der Waals surface area contributed by atoms with E-state index in [1.807, 2.05) is 0 Å². The van der Waals surface area contributed by atoms with Crippen LogP contribution in [0.5, 0.6) is 0 Å². The van der Waals surface area contributed by atoms with Crippen molar-refractivity contribution in [2.24, 2.45) is 5.41 Å². The number of Topliss-reactive ketones (excluding diaryl/α,β-unsaturated/α-hetero) is 1. The Hall–Kier alpha value is -1.87. The molecule has 1 aliphatic heterocycles. The van der Waals surface area contributed by atoms with Gasteiger partial charge in [0.25, 0.3) is 0 Å². The average Bonchev–Trinajstić information content (AvgIpc) is 3.11. The molecule has 1 unspecified atom stereocenters. The molecule has 1 aliphatic carbocycles. The van der Waals surface area contributed by atoms with Gasteiger partial charge in [0.1, 0.15) is 22.4 Å². The molecule has 3 heterocycles. The highest BCUT2D eigenvalue weighted by molar-refractivity contribution is 7.91. The number of hydrogen-bond donors (Lipinski definition) is 0. The minimum Gasteiger partial charge on any atom is -0.340 e. The lowest BCUT2D eigenvalue weighted by molar-refractivity contribution is -0.136. The fourth-order valence-electron chi connectivity index (χ4n) is 4.78. The molecule has 1 saturated heterocycles. The molecule has 9 heteroatoms. The normalized spacial score (nSPS) is 22.1. The number of carbonyl (C=O) groups excluding carboxylic acids is 2. The fourth-order valence-corrected chi connectivity index (χ4v) is 7.23. The van der Waals surface area contributed by atoms with E-state index in [2.05, 4.69) is 29.9 Å². The maximum atomic E-state index is 13.3. The Bertz CT molecular complexity index is 1150. The smallest absolute Gasteiger partial charge is 0.239 e. The SMILES string of the molecule is CC(=O)C(C(=O)N1CCS(=O)(=O)CC1)c1nc(C)nc2sc(C3CCC(C)(C)CC3)cc12. The second kappa shape index (κ2) is 8.48. The van der Waals surface area contributed by atoms with Gasteiger partial charge in [0.15, 0.2) is 9.84 Å². The van der Waals surface area contributed by atoms with Crippen LogP contribution in [0.25, 0.3) is 10.2 Å². The van der Waals surface area contributed by atoms with Gasteiger partial charge in [-0.3, -0.25) is 9.59 Å². The third-order valence-corrected chi connectivity index (χ3v) is 9.68. The van der Waals surface area contributed by atoms with E-state index in [-0.39, 0.29) is 36.3 Å². The van der Waals surface area contributed by atoms with Crippen LogP contribution < -0.4 is 0 Å². The van der Waals surface area contributed by atoms with Gasteiger partial charge >= 0.3 is 0 Å². The Morgan fingerprint density at radius 3 is 2.38 bits per heavy atom. The molecule has 0 radical (unpaired) electrons. The minimum absolute atomic E-state index is 0.0673. The van der Waals surface area contributed by atoms with Gasteiger partial charge in [-0.15, -0.1) is 11.3 Å². The van der Waals surface area contributed by atoms with E-state index in [0.29, 0.717) is 22.9 Å². The van der Waals surface area contributed by atoms with E-state index in [9.17, 15) is 18.0 Å². The number of nitrogens with zero attached hydrogens (tertiary/aromatic N) is 3. The maximum absolute atomic E-state index is 13.3. The second-order valence-electron chi connectivity index (χ2n) is 9.98. The summed E-state index contributed by atoms with van der Waals surface area (Å²) in [5, 5.41) is 0.776. The molecule has 4 rings (SSSR count). The number of aromatic nitrogens is 2. The van der Waals surface area contributed by atoms with Gasteiger partial charge in [-0.05, 0) is 56.9 Å². The number of thiophene rings is 1. The quantitative estimate of drug-likeness (QED) is 0.624. The molecule has 0 N–H and O–H groups in total. The summed E-state index contributed by atoms with van der Waals surface area (Å²) in [6.07, 6.45) is 4.60. The number of amides is 1. The third-order valence-electron chi connectivity index (χ3n) is 6.88. The van der Waals surface area contributed by atoms with Crippen LogP contribution >= 0.6 is 11.3 Å². The molecule has 2 aliphatic rings. The number of sulfone groups is 1. The van der Waals surface area contributed by atoms with Crippen LogP contribution in [0.2, 0.25) is 0 Å². The summed E-state index contributed by atoms with van der Waals surface area (Å²) in [6.45, 7) is 8.05. The minimum atomic E-state index is -3.12. The molecular weight excluding hydrogens is 446 g/mol. The Morgan fingerprint density at radius 1 is 1.16 bits per heavy atom. The predicted molar refractivity (Wildman–Crippen MR) is 126 cm³/mol. The number of hydrogen-bond acceptors (Lipinski definition) is 7. The van der Waals surface area contributed by atoms with Gasteiger partial charge in [0.05, 0.1) is 17.2 Å². The molecule has 174 valence electrons. The van der Waals surface area contributed by atoms with Gasteiger partial charge in [-0.25, -0.2) is 18.4 Å². The Balaban J connectivity index is 1.69. The largest absolute Gasteiger partial charge is 0.340 e. The monoisotopic (exact) mass is 477 g/mol. The summed E-state index contributed by atoms with van der Waals surface area (Å²) in [6, 6.07) is 2.08. The number of carbonyl (C=O) groups is 2. The molecule has 2 fully saturated rings. The first-order valence-electron chi connectivity index (χ1n) is 11.2. The maximum Gasteiger partial charge on any atom is 0.239 e. The van der Waals surface area contributed by atoms with Crippen LogP contribution in [0.3, 0.4) is 0 Å². The van der Waals surface area contributed by atoms with E-state index >= 15 is 0 Å². The van der Waals surface area contributed by atoms with Crippen LogP contribution in [-0.4, -0.2) is 59.6 Å². The van der Waals surface area contributed by atoms with Crippen molar-refractivity contribution < 1.29 is 18.0 Å². The van der Waals surface area contributed by atoms with Crippen molar-refractivity contribution in [1.82, 2.24) is 14.9 Å². The summed E-state index contributed by atoms with van der Waals surface area (Å²) in [7, 11) is -3.12. The first-order valence-corrected chi connectivity index (χ1v) is 13.9. The lowest BCUT2D eigenvalue weighted by Gasteiger charge is -2.33. The lowest BCUT2D eigenvalue weighted by atomic mass is 9.73. The molecule has 0 bridgehead atoms. The van der Waals surface area contributed by atoms with Gasteiger partial charge < -0.3 is 4.90 Å². The summed E-state index contributed by atoms with van der Waals surface area (Å²) < 4.78 is 23.6. The highest BCUT2D eigenvalue weighted by Crippen LogP contribution is 2.45. The van der Waals surface area contributed by atoms with Crippen molar-refractivity contribution in [3.63, 3.8) is 0 Å². The van der Waals surface area contributed by atoms with E-state index in [1.165, 1.54) is 29.5 Å². The standard InChI is InChI=1S/C23H31N3O4S2/c1-14(27)19(22(28)26-9-11-32(29,30)12-10-26)20-17-13-18(31-21(17)25-15(2)24-20)16-5-7-23(3,4)8-6-16/h13,16,19H,5-12H2,1-4H3. The van der Waals surface area contributed by atoms with Gasteiger partial charge in [-0.1, -0.05) is 13.8 Å². The van der Waals surface area contributed by atoms with Gasteiger partial charge in [0, 0.05) is 23.4 Å². The first-order chi connectivity index (χ1) is 15.0. The van der Waals surface area contributed by atoms with Crippen molar-refractivity contribution in [2.75, 3.05) is 24.6 Å². The van der Waals surface area contributed by atoms with Crippen LogP contribution in [0.1, 0.15) is 74.7 Å². The highest BCUT2D eigenvalue weighted by Gasteiger charge is 2.36. The van der Waals surface area contributed by atoms with Crippen molar-refractivity contribution in [2.45, 2.75) is 65.2 Å². The topological polar surface area (TPSA) is 97.3 Å². The number of rotatable bonds is 4. The third kappa shape index (κ3) is 4.73. The number of fused-ring (bicyclic) bond motifs is 1. The van der Waals surface area contributed by atoms with Crippen molar-refractivity contribution in [3.8, 4) is 0 Å². The van der Waals surface area contributed by atoms with Crippen LogP contribution in [-0.2, 0) is 19.4 Å². The Morgan fingerprint density at radius 2 is 1.78 bits per heavy atom. The molecular formula is C23H31N3O4S2. The van der Waals surface area contributed by atoms with E-state index < -0.39 is 15.8 Å². The Labute approximate surface area is 193 Å². The molecule has 0 spiro atoms. The van der Waals surface area contributed by atoms with Crippen LogP contribution in [0.15, 0.2) is 6.07 Å². The average molecular weight is 478 g/mol. The molecule has 2 aromatic heterocycles. The summed E-state index contributed by atoms with van der Waals surface area (Å²) >= 11 is 1.64. The molecule has 1 atom stereocenters. The first kappa shape index (κ1) is 23.3. The van der Waals surface area contributed by atoms with Crippen molar-refractivity contribution in [3.05, 3.63) is 22.5 Å². The summed E-state index contributed by atoms with van der Waals surface area (Å²) in [5.41, 5.74) is 0.833. The zero-order valence-electron chi connectivity index (χ0n) is 19.2. The van der Waals surface area contributed by atoms with Gasteiger partial charge in [0.2, 0.25) is 5.91 Å². The zero-order valence-corrected chi connectivity index (χ0v) is 20.8. The predicted octanol–water partition coefficient (Wildman–Crippen LogP) is 3.61. The van der Waals surface area contributed by atoms with E-state index in [1.54, 1.807) is 18.3 Å². The zero-order chi connectivity index (χ0) is 23.3. The second-order valence-corrected chi connectivity index (χ2v) is 13.3. The number of ketones is 1. The van der Waals surface area contributed by atoms with E-state index in [0.717, 1.165) is 23.1 Å². The van der Waals surface area contributed by atoms with Crippen LogP contribution in [0.4, 0.5) is 0 Å². The van der Waals surface area contributed by atoms with Crippen LogP contribution in [0, 0.1) is 12.3 Å². The summed E-state index contributed by atoms with van der Waals surface area (Å²) in [4.78, 5) is 38.7. The number of aryl methyl sites for hydroxylation is 1. The molecule has 0 aromatic carbocycles. The lowest BCUT2D eigenvalue weighted by Crippen LogP contribution is -2.46. The van der Waals surface area contributed by atoms with Crippen molar-refractivity contribution in [1.29, 1.82) is 0 Å². The molecule has 1 amide bonds. The van der Waals surface area contributed by atoms with Crippen molar-refractivity contribution >= 4 is 43.1 Å².